The van der Waals surface area contributed by atoms with Crippen molar-refractivity contribution in [1.82, 2.24) is 5.32 Å². The number of nitrogens with one attached hydrogen (secondary N) is 1. The molecule has 1 heterocycles. The Balaban J connectivity index is 1.51. The second-order valence-corrected chi connectivity index (χ2v) is 7.95. The molecule has 0 aromatic heterocycles. The van der Waals surface area contributed by atoms with Crippen molar-refractivity contribution in [3.63, 3.8) is 0 Å². The van der Waals surface area contributed by atoms with Gasteiger partial charge >= 0.3 is 0 Å². The zero-order valence-electron chi connectivity index (χ0n) is 13.6. The smallest absolute Gasteiger partial charge is 0.0814 e. The molecule has 0 amide bonds. The lowest BCUT2D eigenvalue weighted by atomic mass is 9.70. The number of ether oxygens (including phenoxy) is 2. The first-order valence-corrected chi connectivity index (χ1v) is 8.39. The van der Waals surface area contributed by atoms with Crippen LogP contribution in [-0.4, -0.2) is 38.5 Å². The predicted molar refractivity (Wildman–Crippen MR) is 80.8 cm³/mol. The highest BCUT2D eigenvalue weighted by Crippen LogP contribution is 2.66. The number of fused-ring (bicyclic) bond motifs is 2. The minimum Gasteiger partial charge on any atom is -0.375 e. The lowest BCUT2D eigenvalue weighted by molar-refractivity contribution is -0.0871. The summed E-state index contributed by atoms with van der Waals surface area (Å²) in [5.41, 5.74) is 0.823. The molecule has 5 unspecified atom stereocenters. The Morgan fingerprint density at radius 1 is 1.15 bits per heavy atom. The molecule has 0 aromatic rings. The van der Waals surface area contributed by atoms with Crippen LogP contribution in [0.2, 0.25) is 0 Å². The maximum absolute atomic E-state index is 6.34. The summed E-state index contributed by atoms with van der Waals surface area (Å²) in [6, 6.07) is 0. The van der Waals surface area contributed by atoms with Crippen LogP contribution in [-0.2, 0) is 9.47 Å². The average molecular weight is 281 g/mol. The first kappa shape index (κ1) is 14.8. The Labute approximate surface area is 123 Å². The molecule has 116 valence electrons. The van der Waals surface area contributed by atoms with Crippen molar-refractivity contribution in [2.75, 3.05) is 20.2 Å². The molecule has 0 aromatic carbocycles. The molecule has 3 nitrogen and oxygen atoms in total. The van der Waals surface area contributed by atoms with Crippen molar-refractivity contribution in [3.8, 4) is 0 Å². The van der Waals surface area contributed by atoms with E-state index in [1.807, 2.05) is 7.05 Å². The number of hydrogen-bond acceptors (Lipinski definition) is 3. The number of rotatable bonds is 5. The molecule has 2 saturated carbocycles. The standard InChI is InChI=1S/C17H31NO2/c1-16(2)12-7-8-17(16,3)15(9-12)19-11-14-6-5-13(20-14)10-18-4/h12-15,18H,5-11H2,1-4H3. The van der Waals surface area contributed by atoms with Crippen LogP contribution in [0, 0.1) is 16.7 Å². The summed E-state index contributed by atoms with van der Waals surface area (Å²) >= 11 is 0. The van der Waals surface area contributed by atoms with Gasteiger partial charge in [-0.25, -0.2) is 0 Å². The lowest BCUT2D eigenvalue weighted by Gasteiger charge is -2.39. The molecule has 1 N–H and O–H groups in total. The Kier molecular flexibility index (Phi) is 3.89. The van der Waals surface area contributed by atoms with Gasteiger partial charge < -0.3 is 14.8 Å². The fraction of sp³-hybridized carbons (Fsp3) is 1.00. The number of likely N-dealkylation sites (N-methyl/N-ethyl adjacent to an activating group) is 1. The predicted octanol–water partition coefficient (Wildman–Crippen LogP) is 2.98. The van der Waals surface area contributed by atoms with E-state index in [4.69, 9.17) is 9.47 Å². The summed E-state index contributed by atoms with van der Waals surface area (Å²) in [6.45, 7) is 9.10. The molecule has 3 fully saturated rings. The summed E-state index contributed by atoms with van der Waals surface area (Å²) in [6.07, 6.45) is 7.48. The SMILES string of the molecule is CNCC1CCC(COC2CC3CCC2(C)C3(C)C)O1. The third kappa shape index (κ3) is 2.22. The summed E-state index contributed by atoms with van der Waals surface area (Å²) in [5, 5.41) is 3.20. The van der Waals surface area contributed by atoms with Crippen molar-refractivity contribution >= 4 is 0 Å². The fourth-order valence-electron chi connectivity index (χ4n) is 4.89. The molecule has 0 spiro atoms. The van der Waals surface area contributed by atoms with Crippen molar-refractivity contribution in [1.29, 1.82) is 0 Å². The third-order valence-electron chi connectivity index (χ3n) is 6.82. The van der Waals surface area contributed by atoms with Gasteiger partial charge in [-0.15, -0.1) is 0 Å². The van der Waals surface area contributed by atoms with Crippen LogP contribution in [0.3, 0.4) is 0 Å². The first-order chi connectivity index (χ1) is 9.47. The second-order valence-electron chi connectivity index (χ2n) is 7.95. The molecule has 20 heavy (non-hydrogen) atoms. The second kappa shape index (κ2) is 5.26. The van der Waals surface area contributed by atoms with Crippen LogP contribution in [0.5, 0.6) is 0 Å². The minimum atomic E-state index is 0.319. The van der Waals surface area contributed by atoms with E-state index in [0.29, 0.717) is 29.1 Å². The van der Waals surface area contributed by atoms with Gasteiger partial charge in [-0.1, -0.05) is 20.8 Å². The molecule has 3 heteroatoms. The third-order valence-corrected chi connectivity index (χ3v) is 6.82. The zero-order chi connectivity index (χ0) is 14.4. The van der Waals surface area contributed by atoms with Crippen molar-refractivity contribution < 1.29 is 9.47 Å². The summed E-state index contributed by atoms with van der Waals surface area (Å²) in [4.78, 5) is 0. The highest BCUT2D eigenvalue weighted by atomic mass is 16.5. The van der Waals surface area contributed by atoms with E-state index >= 15 is 0 Å². The molecule has 2 aliphatic carbocycles. The highest BCUT2D eigenvalue weighted by molar-refractivity contribution is 5.11. The monoisotopic (exact) mass is 281 g/mol. The molecule has 1 saturated heterocycles. The van der Waals surface area contributed by atoms with Gasteiger partial charge in [0.2, 0.25) is 0 Å². The average Bonchev–Trinajstić information content (AvgIpc) is 2.98. The van der Waals surface area contributed by atoms with Crippen LogP contribution in [0.15, 0.2) is 0 Å². The normalized spacial score (nSPS) is 46.2. The van der Waals surface area contributed by atoms with Gasteiger partial charge in [0.25, 0.3) is 0 Å². The van der Waals surface area contributed by atoms with Crippen LogP contribution in [0.4, 0.5) is 0 Å². The van der Waals surface area contributed by atoms with Gasteiger partial charge in [0.1, 0.15) is 0 Å². The van der Waals surface area contributed by atoms with Gasteiger partial charge in [-0.05, 0) is 55.9 Å². The van der Waals surface area contributed by atoms with Gasteiger partial charge in [0.15, 0.2) is 0 Å². The van der Waals surface area contributed by atoms with Gasteiger partial charge in [-0.3, -0.25) is 0 Å². The van der Waals surface area contributed by atoms with Crippen molar-refractivity contribution in [2.24, 2.45) is 16.7 Å². The lowest BCUT2D eigenvalue weighted by Crippen LogP contribution is -2.38. The quantitative estimate of drug-likeness (QED) is 0.840. The fourth-order valence-corrected chi connectivity index (χ4v) is 4.89. The number of hydrogen-bond donors (Lipinski definition) is 1. The maximum atomic E-state index is 6.34. The Hall–Kier alpha value is -0.120. The van der Waals surface area contributed by atoms with E-state index in [9.17, 15) is 0 Å². The molecule has 3 rings (SSSR count). The first-order valence-electron chi connectivity index (χ1n) is 8.39. The molecule has 1 aliphatic heterocycles. The Bertz CT molecular complexity index is 357. The largest absolute Gasteiger partial charge is 0.375 e. The molecule has 2 bridgehead atoms. The van der Waals surface area contributed by atoms with Gasteiger partial charge in [0.05, 0.1) is 24.9 Å². The molecule has 5 atom stereocenters. The van der Waals surface area contributed by atoms with E-state index in [1.54, 1.807) is 0 Å². The van der Waals surface area contributed by atoms with E-state index in [2.05, 4.69) is 26.1 Å². The Morgan fingerprint density at radius 3 is 2.50 bits per heavy atom. The molecular formula is C17H31NO2. The van der Waals surface area contributed by atoms with Crippen molar-refractivity contribution in [2.45, 2.75) is 71.2 Å². The minimum absolute atomic E-state index is 0.319. The highest BCUT2D eigenvalue weighted by Gasteiger charge is 2.61. The molecule has 3 aliphatic rings. The maximum Gasteiger partial charge on any atom is 0.0814 e. The van der Waals surface area contributed by atoms with E-state index in [-0.39, 0.29) is 0 Å². The molecular weight excluding hydrogens is 250 g/mol. The van der Waals surface area contributed by atoms with Gasteiger partial charge in [0, 0.05) is 6.54 Å². The van der Waals surface area contributed by atoms with Crippen LogP contribution >= 0.6 is 0 Å². The van der Waals surface area contributed by atoms with Gasteiger partial charge in [-0.2, -0.15) is 0 Å². The molecule has 0 radical (unpaired) electrons. The van der Waals surface area contributed by atoms with Crippen LogP contribution in [0.1, 0.15) is 52.9 Å². The van der Waals surface area contributed by atoms with E-state index < -0.39 is 0 Å². The van der Waals surface area contributed by atoms with E-state index in [1.165, 1.54) is 25.7 Å². The van der Waals surface area contributed by atoms with Crippen molar-refractivity contribution in [3.05, 3.63) is 0 Å². The summed E-state index contributed by atoms with van der Waals surface area (Å²) < 4.78 is 12.4. The van der Waals surface area contributed by atoms with E-state index in [0.717, 1.165) is 25.5 Å². The summed E-state index contributed by atoms with van der Waals surface area (Å²) in [5.74, 6) is 0.860. The van der Waals surface area contributed by atoms with Crippen LogP contribution in [0.25, 0.3) is 0 Å². The van der Waals surface area contributed by atoms with Crippen LogP contribution < -0.4 is 5.32 Å². The topological polar surface area (TPSA) is 30.5 Å². The summed E-state index contributed by atoms with van der Waals surface area (Å²) in [7, 11) is 1.99. The Morgan fingerprint density at radius 2 is 1.90 bits per heavy atom. The zero-order valence-corrected chi connectivity index (χ0v) is 13.6.